The third-order valence-electron chi connectivity index (χ3n) is 3.24. The molecule has 0 aliphatic carbocycles. The van der Waals surface area contributed by atoms with Crippen molar-refractivity contribution >= 4 is 0 Å². The summed E-state index contributed by atoms with van der Waals surface area (Å²) in [6.07, 6.45) is 2.17. The first-order chi connectivity index (χ1) is 7.37. The van der Waals surface area contributed by atoms with Crippen LogP contribution in [0.2, 0.25) is 0 Å². The van der Waals surface area contributed by atoms with E-state index < -0.39 is 0 Å². The minimum atomic E-state index is -0.133. The zero-order chi connectivity index (χ0) is 10.6. The Balaban J connectivity index is 1.97. The van der Waals surface area contributed by atoms with Crippen molar-refractivity contribution in [1.82, 2.24) is 5.32 Å². The highest BCUT2D eigenvalue weighted by Crippen LogP contribution is 2.29. The zero-order valence-electron chi connectivity index (χ0n) is 9.46. The predicted octanol–water partition coefficient (Wildman–Crippen LogP) is 0.560. The molecule has 0 aromatic heterocycles. The molecule has 2 aliphatic heterocycles. The summed E-state index contributed by atoms with van der Waals surface area (Å²) in [6, 6.07) is 0.284. The van der Waals surface area contributed by atoms with Crippen molar-refractivity contribution in [2.24, 2.45) is 0 Å². The third-order valence-corrected chi connectivity index (χ3v) is 3.24. The van der Waals surface area contributed by atoms with Gasteiger partial charge in [0.2, 0.25) is 0 Å². The summed E-state index contributed by atoms with van der Waals surface area (Å²) in [5.74, 6) is 0. The Morgan fingerprint density at radius 1 is 1.47 bits per heavy atom. The van der Waals surface area contributed by atoms with Gasteiger partial charge in [-0.25, -0.2) is 0 Å². The van der Waals surface area contributed by atoms with Gasteiger partial charge in [0.05, 0.1) is 25.9 Å². The van der Waals surface area contributed by atoms with Gasteiger partial charge in [0, 0.05) is 19.8 Å². The Morgan fingerprint density at radius 3 is 3.13 bits per heavy atom. The molecule has 2 saturated heterocycles. The second-order valence-corrected chi connectivity index (χ2v) is 4.24. The van der Waals surface area contributed by atoms with Gasteiger partial charge in [-0.05, 0) is 19.8 Å². The van der Waals surface area contributed by atoms with E-state index in [1.54, 1.807) is 0 Å². The van der Waals surface area contributed by atoms with E-state index in [0.717, 1.165) is 45.8 Å². The van der Waals surface area contributed by atoms with Gasteiger partial charge in [-0.3, -0.25) is 0 Å². The highest BCUT2D eigenvalue weighted by Gasteiger charge is 2.43. The predicted molar refractivity (Wildman–Crippen MR) is 57.0 cm³/mol. The molecule has 88 valence electrons. The van der Waals surface area contributed by atoms with E-state index in [2.05, 4.69) is 5.32 Å². The second kappa shape index (κ2) is 5.25. The highest BCUT2D eigenvalue weighted by atomic mass is 16.6. The molecule has 2 unspecified atom stereocenters. The molecule has 2 aliphatic rings. The summed E-state index contributed by atoms with van der Waals surface area (Å²) in [7, 11) is 0. The summed E-state index contributed by atoms with van der Waals surface area (Å²) < 4.78 is 17.0. The number of hydrogen-bond donors (Lipinski definition) is 1. The average Bonchev–Trinajstić information content (AvgIpc) is 2.29. The Hall–Kier alpha value is -0.160. The molecule has 4 heteroatoms. The Labute approximate surface area is 91.3 Å². The maximum Gasteiger partial charge on any atom is 0.109 e. The number of morpholine rings is 1. The minimum absolute atomic E-state index is 0.133. The SMILES string of the molecule is CCOCC1NCCOC12CCCOC2. The number of rotatable bonds is 3. The monoisotopic (exact) mass is 215 g/mol. The van der Waals surface area contributed by atoms with E-state index in [0.29, 0.717) is 6.61 Å². The molecule has 2 rings (SSSR count). The van der Waals surface area contributed by atoms with E-state index in [-0.39, 0.29) is 11.6 Å². The molecule has 2 fully saturated rings. The van der Waals surface area contributed by atoms with Crippen molar-refractivity contribution < 1.29 is 14.2 Å². The zero-order valence-corrected chi connectivity index (χ0v) is 9.46. The Kier molecular flexibility index (Phi) is 3.97. The Morgan fingerprint density at radius 2 is 2.40 bits per heavy atom. The van der Waals surface area contributed by atoms with E-state index >= 15 is 0 Å². The lowest BCUT2D eigenvalue weighted by Gasteiger charge is -2.46. The topological polar surface area (TPSA) is 39.7 Å². The molecule has 0 radical (unpaired) electrons. The molecular formula is C11H21NO3. The van der Waals surface area contributed by atoms with Gasteiger partial charge in [-0.15, -0.1) is 0 Å². The maximum absolute atomic E-state index is 5.95. The molecule has 1 N–H and O–H groups in total. The van der Waals surface area contributed by atoms with Crippen LogP contribution in [0, 0.1) is 0 Å². The molecule has 0 aromatic carbocycles. The van der Waals surface area contributed by atoms with E-state index in [1.807, 2.05) is 6.92 Å². The van der Waals surface area contributed by atoms with Crippen molar-refractivity contribution in [3.63, 3.8) is 0 Å². The smallest absolute Gasteiger partial charge is 0.109 e. The van der Waals surface area contributed by atoms with E-state index in [1.165, 1.54) is 0 Å². The fraction of sp³-hybridized carbons (Fsp3) is 1.00. The van der Waals surface area contributed by atoms with Crippen LogP contribution >= 0.6 is 0 Å². The van der Waals surface area contributed by atoms with Crippen molar-refractivity contribution in [3.05, 3.63) is 0 Å². The molecule has 0 aromatic rings. The molecule has 2 heterocycles. The van der Waals surface area contributed by atoms with Gasteiger partial charge in [-0.2, -0.15) is 0 Å². The van der Waals surface area contributed by atoms with Crippen LogP contribution in [0.4, 0.5) is 0 Å². The van der Waals surface area contributed by atoms with Crippen LogP contribution in [-0.4, -0.2) is 51.2 Å². The van der Waals surface area contributed by atoms with Crippen LogP contribution in [-0.2, 0) is 14.2 Å². The van der Waals surface area contributed by atoms with Crippen molar-refractivity contribution in [3.8, 4) is 0 Å². The van der Waals surface area contributed by atoms with Gasteiger partial charge < -0.3 is 19.5 Å². The third kappa shape index (κ3) is 2.50. The molecule has 2 atom stereocenters. The molecule has 0 amide bonds. The lowest BCUT2D eigenvalue weighted by molar-refractivity contribution is -0.172. The maximum atomic E-state index is 5.95. The van der Waals surface area contributed by atoms with Crippen LogP contribution < -0.4 is 5.32 Å². The van der Waals surface area contributed by atoms with Gasteiger partial charge in [0.15, 0.2) is 0 Å². The highest BCUT2D eigenvalue weighted by molar-refractivity contribution is 4.97. The molecule has 4 nitrogen and oxygen atoms in total. The molecule has 0 bridgehead atoms. The number of nitrogens with one attached hydrogen (secondary N) is 1. The standard InChI is InChI=1S/C11H21NO3/c1-2-13-8-10-11(15-7-5-12-10)4-3-6-14-9-11/h10,12H,2-9H2,1H3. The second-order valence-electron chi connectivity index (χ2n) is 4.24. The first-order valence-corrected chi connectivity index (χ1v) is 5.90. The first kappa shape index (κ1) is 11.3. The molecule has 15 heavy (non-hydrogen) atoms. The molecule has 1 spiro atoms. The molecular weight excluding hydrogens is 194 g/mol. The van der Waals surface area contributed by atoms with Crippen molar-refractivity contribution in [2.75, 3.05) is 39.6 Å². The van der Waals surface area contributed by atoms with Crippen LogP contribution in [0.3, 0.4) is 0 Å². The van der Waals surface area contributed by atoms with Crippen LogP contribution in [0.1, 0.15) is 19.8 Å². The quantitative estimate of drug-likeness (QED) is 0.747. The van der Waals surface area contributed by atoms with E-state index in [9.17, 15) is 0 Å². The summed E-state index contributed by atoms with van der Waals surface area (Å²) >= 11 is 0. The van der Waals surface area contributed by atoms with Gasteiger partial charge in [-0.1, -0.05) is 0 Å². The fourth-order valence-corrected chi connectivity index (χ4v) is 2.40. The normalized spacial score (nSPS) is 37.0. The van der Waals surface area contributed by atoms with Gasteiger partial charge >= 0.3 is 0 Å². The van der Waals surface area contributed by atoms with Crippen molar-refractivity contribution in [2.45, 2.75) is 31.4 Å². The van der Waals surface area contributed by atoms with Gasteiger partial charge in [0.25, 0.3) is 0 Å². The average molecular weight is 215 g/mol. The summed E-state index contributed by atoms with van der Waals surface area (Å²) in [5, 5.41) is 3.48. The fourth-order valence-electron chi connectivity index (χ4n) is 2.40. The van der Waals surface area contributed by atoms with Crippen LogP contribution in [0.15, 0.2) is 0 Å². The van der Waals surface area contributed by atoms with Gasteiger partial charge in [0.1, 0.15) is 5.60 Å². The summed E-state index contributed by atoms with van der Waals surface area (Å²) in [5.41, 5.74) is -0.133. The summed E-state index contributed by atoms with van der Waals surface area (Å²) in [6.45, 7) is 6.78. The number of ether oxygens (including phenoxy) is 3. The largest absolute Gasteiger partial charge is 0.380 e. The van der Waals surface area contributed by atoms with E-state index in [4.69, 9.17) is 14.2 Å². The minimum Gasteiger partial charge on any atom is -0.380 e. The first-order valence-electron chi connectivity index (χ1n) is 5.90. The van der Waals surface area contributed by atoms with Crippen molar-refractivity contribution in [1.29, 1.82) is 0 Å². The number of hydrogen-bond acceptors (Lipinski definition) is 4. The van der Waals surface area contributed by atoms with Crippen LogP contribution in [0.5, 0.6) is 0 Å². The van der Waals surface area contributed by atoms with Crippen LogP contribution in [0.25, 0.3) is 0 Å². The molecule has 0 saturated carbocycles. The lowest BCUT2D eigenvalue weighted by atomic mass is 9.87. The lowest BCUT2D eigenvalue weighted by Crippen LogP contribution is -2.63. The Bertz CT molecular complexity index is 184. The summed E-state index contributed by atoms with van der Waals surface area (Å²) in [4.78, 5) is 0.